The van der Waals surface area contributed by atoms with Crippen LogP contribution in [-0.2, 0) is 17.5 Å². The molecule has 10 heteroatoms. The van der Waals surface area contributed by atoms with Crippen molar-refractivity contribution in [2.75, 3.05) is 32.8 Å². The number of hydrogen-bond acceptors (Lipinski definition) is 6. The highest BCUT2D eigenvalue weighted by Crippen LogP contribution is 2.28. The van der Waals surface area contributed by atoms with Gasteiger partial charge in [0, 0.05) is 44.0 Å². The van der Waals surface area contributed by atoms with E-state index in [9.17, 15) is 18.0 Å². The first-order chi connectivity index (χ1) is 11.4. The topological polar surface area (TPSA) is 73.4 Å². The van der Waals surface area contributed by atoms with Crippen molar-refractivity contribution < 1.29 is 22.4 Å². The van der Waals surface area contributed by atoms with E-state index in [2.05, 4.69) is 19.6 Å². The third kappa shape index (κ3) is 3.82. The average Bonchev–Trinajstić information content (AvgIpc) is 3.05. The smallest absolute Gasteiger partial charge is 0.379 e. The molecular weight excluding hydrogens is 329 g/mol. The van der Waals surface area contributed by atoms with Gasteiger partial charge in [0.15, 0.2) is 0 Å². The fourth-order valence-corrected chi connectivity index (χ4v) is 2.36. The lowest BCUT2D eigenvalue weighted by molar-refractivity contribution is -0.159. The lowest BCUT2D eigenvalue weighted by Crippen LogP contribution is -2.39. The second kappa shape index (κ2) is 6.73. The summed E-state index contributed by atoms with van der Waals surface area (Å²) in [6.07, 6.45) is -3.19. The molecule has 0 N–H and O–H groups in total. The summed E-state index contributed by atoms with van der Waals surface area (Å²) in [4.78, 5) is 17.5. The van der Waals surface area contributed by atoms with E-state index in [1.54, 1.807) is 0 Å². The third-order valence-electron chi connectivity index (χ3n) is 3.68. The molecule has 1 saturated heterocycles. The molecular formula is C14H15F3N4O3. The maximum Gasteiger partial charge on any atom is 0.471 e. The van der Waals surface area contributed by atoms with Gasteiger partial charge in [-0.25, -0.2) is 0 Å². The first-order valence-corrected chi connectivity index (χ1v) is 7.35. The van der Waals surface area contributed by atoms with Gasteiger partial charge in [-0.3, -0.25) is 9.69 Å². The Hall–Kier alpha value is -2.20. The molecule has 0 spiro atoms. The van der Waals surface area contributed by atoms with E-state index < -0.39 is 12.1 Å². The molecule has 3 rings (SSSR count). The minimum atomic E-state index is -4.71. The molecule has 0 saturated carbocycles. The minimum Gasteiger partial charge on any atom is -0.379 e. The molecule has 0 unspecified atom stereocenters. The molecule has 2 aromatic rings. The summed E-state index contributed by atoms with van der Waals surface area (Å²) in [6, 6.07) is 2.69. The number of ether oxygens (including phenoxy) is 1. The Kier molecular flexibility index (Phi) is 4.67. The molecule has 0 radical (unpaired) electrons. The summed E-state index contributed by atoms with van der Waals surface area (Å²) < 4.78 is 48.3. The van der Waals surface area contributed by atoms with Gasteiger partial charge in [0.1, 0.15) is 0 Å². The Morgan fingerprint density at radius 1 is 1.21 bits per heavy atom. The van der Waals surface area contributed by atoms with Crippen molar-refractivity contribution in [1.29, 1.82) is 0 Å². The second-order valence-corrected chi connectivity index (χ2v) is 5.32. The zero-order valence-electron chi connectivity index (χ0n) is 12.6. The monoisotopic (exact) mass is 344 g/mol. The molecule has 3 heterocycles. The van der Waals surface area contributed by atoms with Crippen LogP contribution in [-0.4, -0.2) is 52.5 Å². The van der Waals surface area contributed by atoms with Gasteiger partial charge in [0.05, 0.1) is 13.2 Å². The highest BCUT2D eigenvalue weighted by molar-refractivity contribution is 5.52. The largest absolute Gasteiger partial charge is 0.471 e. The van der Waals surface area contributed by atoms with Gasteiger partial charge in [-0.1, -0.05) is 5.16 Å². The van der Waals surface area contributed by atoms with Crippen LogP contribution in [0.2, 0.25) is 0 Å². The number of nitrogens with zero attached hydrogens (tertiary/aromatic N) is 4. The quantitative estimate of drug-likeness (QED) is 0.831. The van der Waals surface area contributed by atoms with Crippen molar-refractivity contribution in [2.24, 2.45) is 0 Å². The lowest BCUT2D eigenvalue weighted by Gasteiger charge is -2.26. The highest BCUT2D eigenvalue weighted by atomic mass is 19.4. The van der Waals surface area contributed by atoms with Crippen LogP contribution in [0.3, 0.4) is 0 Å². The molecule has 0 bridgehead atoms. The molecule has 7 nitrogen and oxygen atoms in total. The highest BCUT2D eigenvalue weighted by Gasteiger charge is 2.38. The van der Waals surface area contributed by atoms with Crippen molar-refractivity contribution in [1.82, 2.24) is 19.6 Å². The predicted molar refractivity (Wildman–Crippen MR) is 76.3 cm³/mol. The van der Waals surface area contributed by atoms with E-state index in [1.165, 1.54) is 22.9 Å². The standard InChI is InChI=1S/C14H15F3N4O3/c15-14(16,17)13-18-12(19-24-13)10-1-2-21(11(22)9-10)4-3-20-5-7-23-8-6-20/h1-2,9H,3-8H2. The Balaban J connectivity index is 1.70. The van der Waals surface area contributed by atoms with Crippen LogP contribution in [0, 0.1) is 0 Å². The summed E-state index contributed by atoms with van der Waals surface area (Å²) in [5, 5.41) is 3.27. The number of aromatic nitrogens is 3. The lowest BCUT2D eigenvalue weighted by atomic mass is 10.2. The molecule has 1 fully saturated rings. The molecule has 0 aliphatic carbocycles. The van der Waals surface area contributed by atoms with E-state index in [0.29, 0.717) is 26.3 Å². The number of rotatable bonds is 4. The van der Waals surface area contributed by atoms with Gasteiger partial charge in [-0.05, 0) is 6.07 Å². The maximum absolute atomic E-state index is 12.5. The zero-order chi connectivity index (χ0) is 17.2. The van der Waals surface area contributed by atoms with Crippen LogP contribution in [0.15, 0.2) is 27.6 Å². The van der Waals surface area contributed by atoms with Gasteiger partial charge in [0.25, 0.3) is 5.56 Å². The number of halogens is 3. The van der Waals surface area contributed by atoms with Gasteiger partial charge in [-0.15, -0.1) is 0 Å². The number of alkyl halides is 3. The van der Waals surface area contributed by atoms with Crippen LogP contribution in [0.4, 0.5) is 13.2 Å². The SMILES string of the molecule is O=c1cc(-c2noc(C(F)(F)F)n2)ccn1CCN1CCOCC1. The second-order valence-electron chi connectivity index (χ2n) is 5.32. The van der Waals surface area contributed by atoms with Gasteiger partial charge < -0.3 is 13.8 Å². The zero-order valence-corrected chi connectivity index (χ0v) is 12.6. The Labute approximate surface area is 134 Å². The first-order valence-electron chi connectivity index (χ1n) is 7.35. The van der Waals surface area contributed by atoms with Crippen LogP contribution in [0.1, 0.15) is 5.89 Å². The van der Waals surface area contributed by atoms with Gasteiger partial charge in [0.2, 0.25) is 5.82 Å². The summed E-state index contributed by atoms with van der Waals surface area (Å²) in [7, 11) is 0. The van der Waals surface area contributed by atoms with Gasteiger partial charge >= 0.3 is 12.1 Å². The van der Waals surface area contributed by atoms with Crippen molar-refractivity contribution in [2.45, 2.75) is 12.7 Å². The number of pyridine rings is 1. The summed E-state index contributed by atoms with van der Waals surface area (Å²) >= 11 is 0. The molecule has 1 aliphatic heterocycles. The Morgan fingerprint density at radius 3 is 2.58 bits per heavy atom. The molecule has 0 amide bonds. The molecule has 0 atom stereocenters. The fraction of sp³-hybridized carbons (Fsp3) is 0.500. The minimum absolute atomic E-state index is 0.182. The van der Waals surface area contributed by atoms with E-state index in [-0.39, 0.29) is 16.9 Å². The van der Waals surface area contributed by atoms with Crippen LogP contribution in [0.25, 0.3) is 11.4 Å². The third-order valence-corrected chi connectivity index (χ3v) is 3.68. The number of hydrogen-bond donors (Lipinski definition) is 0. The molecule has 1 aliphatic rings. The predicted octanol–water partition coefficient (Wildman–Crippen LogP) is 1.25. The van der Waals surface area contributed by atoms with Crippen LogP contribution < -0.4 is 5.56 Å². The summed E-state index contributed by atoms with van der Waals surface area (Å²) in [6.45, 7) is 4.16. The maximum atomic E-state index is 12.5. The van der Waals surface area contributed by atoms with Crippen LogP contribution in [0.5, 0.6) is 0 Å². The van der Waals surface area contributed by atoms with E-state index in [1.807, 2.05) is 0 Å². The van der Waals surface area contributed by atoms with Crippen molar-refractivity contribution in [3.63, 3.8) is 0 Å². The molecule has 130 valence electrons. The summed E-state index contributed by atoms with van der Waals surface area (Å²) in [5.41, 5.74) is -0.152. The van der Waals surface area contributed by atoms with E-state index >= 15 is 0 Å². The average molecular weight is 344 g/mol. The van der Waals surface area contributed by atoms with E-state index in [0.717, 1.165) is 13.1 Å². The normalized spacial score (nSPS) is 16.5. The Morgan fingerprint density at radius 2 is 1.96 bits per heavy atom. The molecule has 24 heavy (non-hydrogen) atoms. The van der Waals surface area contributed by atoms with Crippen LogP contribution >= 0.6 is 0 Å². The van der Waals surface area contributed by atoms with Crippen molar-refractivity contribution in [3.05, 3.63) is 34.6 Å². The van der Waals surface area contributed by atoms with Crippen molar-refractivity contribution >= 4 is 0 Å². The molecule has 2 aromatic heterocycles. The first kappa shape index (κ1) is 16.7. The Bertz CT molecular complexity index is 750. The van der Waals surface area contributed by atoms with Crippen molar-refractivity contribution in [3.8, 4) is 11.4 Å². The summed E-state index contributed by atoms with van der Waals surface area (Å²) in [5.74, 6) is -1.70. The number of morpholine rings is 1. The van der Waals surface area contributed by atoms with E-state index in [4.69, 9.17) is 4.74 Å². The molecule has 0 aromatic carbocycles. The van der Waals surface area contributed by atoms with Gasteiger partial charge in [-0.2, -0.15) is 18.2 Å². The fourth-order valence-electron chi connectivity index (χ4n) is 2.36.